The van der Waals surface area contributed by atoms with Crippen molar-refractivity contribution in [2.75, 3.05) is 0 Å². The predicted octanol–water partition coefficient (Wildman–Crippen LogP) is 2.70. The Morgan fingerprint density at radius 1 is 0.957 bits per heavy atom. The number of hydrogen-bond donors (Lipinski definition) is 1. The summed E-state index contributed by atoms with van der Waals surface area (Å²) in [6.45, 7) is 1.44. The standard InChI is InChI=1S/C17H15N5O/c1-2-7-16(22-9-8-18-12-22)13(4-1)10-19-11-14-5-3-6-15-17(14)21-23-20-15/h1-9,12,19H,10-11H2. The van der Waals surface area contributed by atoms with Gasteiger partial charge in [-0.3, -0.25) is 0 Å². The van der Waals surface area contributed by atoms with Crippen LogP contribution in [-0.2, 0) is 13.1 Å². The number of para-hydroxylation sites is 1. The number of imidazole rings is 1. The van der Waals surface area contributed by atoms with Gasteiger partial charge in [-0.1, -0.05) is 30.3 Å². The molecule has 2 aromatic carbocycles. The van der Waals surface area contributed by atoms with Gasteiger partial charge in [0.25, 0.3) is 0 Å². The molecule has 2 heterocycles. The van der Waals surface area contributed by atoms with Gasteiger partial charge in [0.05, 0.1) is 12.0 Å². The first-order valence-electron chi connectivity index (χ1n) is 7.39. The summed E-state index contributed by atoms with van der Waals surface area (Å²) in [7, 11) is 0. The fourth-order valence-corrected chi connectivity index (χ4v) is 2.65. The second kappa shape index (κ2) is 6.02. The number of hydrogen-bond acceptors (Lipinski definition) is 5. The molecule has 0 spiro atoms. The highest BCUT2D eigenvalue weighted by atomic mass is 16.6. The molecule has 0 amide bonds. The molecule has 6 nitrogen and oxygen atoms in total. The molecule has 0 aliphatic heterocycles. The lowest BCUT2D eigenvalue weighted by Crippen LogP contribution is -2.14. The summed E-state index contributed by atoms with van der Waals surface area (Å²) in [5, 5.41) is 11.3. The van der Waals surface area contributed by atoms with Crippen LogP contribution >= 0.6 is 0 Å². The minimum atomic E-state index is 0.698. The normalized spacial score (nSPS) is 11.1. The maximum absolute atomic E-state index is 4.80. The van der Waals surface area contributed by atoms with Crippen LogP contribution in [0, 0.1) is 0 Å². The Balaban J connectivity index is 1.51. The quantitative estimate of drug-likeness (QED) is 0.614. The van der Waals surface area contributed by atoms with Crippen molar-refractivity contribution in [3.05, 3.63) is 72.3 Å². The zero-order chi connectivity index (χ0) is 15.5. The number of nitrogens with zero attached hydrogens (tertiary/aromatic N) is 4. The molecule has 0 bridgehead atoms. The van der Waals surface area contributed by atoms with E-state index in [4.69, 9.17) is 4.63 Å². The molecule has 4 aromatic rings. The van der Waals surface area contributed by atoms with E-state index in [-0.39, 0.29) is 0 Å². The van der Waals surface area contributed by atoms with E-state index in [9.17, 15) is 0 Å². The van der Waals surface area contributed by atoms with Gasteiger partial charge in [-0.15, -0.1) is 0 Å². The first-order chi connectivity index (χ1) is 11.4. The Kier molecular flexibility index (Phi) is 3.57. The Bertz CT molecular complexity index is 914. The molecule has 0 fully saturated rings. The predicted molar refractivity (Wildman–Crippen MR) is 85.9 cm³/mol. The van der Waals surface area contributed by atoms with Gasteiger partial charge in [-0.2, -0.15) is 0 Å². The van der Waals surface area contributed by atoms with Crippen molar-refractivity contribution in [3.8, 4) is 5.69 Å². The zero-order valence-electron chi connectivity index (χ0n) is 12.4. The third-order valence-corrected chi connectivity index (χ3v) is 3.77. The van der Waals surface area contributed by atoms with Crippen molar-refractivity contribution < 1.29 is 4.63 Å². The fraction of sp³-hybridized carbons (Fsp3) is 0.118. The van der Waals surface area contributed by atoms with Crippen molar-refractivity contribution in [1.82, 2.24) is 25.2 Å². The van der Waals surface area contributed by atoms with Gasteiger partial charge < -0.3 is 9.88 Å². The molecule has 0 aliphatic carbocycles. The summed E-state index contributed by atoms with van der Waals surface area (Å²) in [6, 6.07) is 14.1. The van der Waals surface area contributed by atoms with Gasteiger partial charge in [-0.25, -0.2) is 9.61 Å². The third-order valence-electron chi connectivity index (χ3n) is 3.77. The molecule has 0 aliphatic rings. The van der Waals surface area contributed by atoms with Crippen LogP contribution in [-0.4, -0.2) is 19.9 Å². The minimum absolute atomic E-state index is 0.698. The molecule has 0 radical (unpaired) electrons. The molecule has 2 aromatic heterocycles. The van der Waals surface area contributed by atoms with Crippen LogP contribution in [0.5, 0.6) is 0 Å². The average Bonchev–Trinajstić information content (AvgIpc) is 3.27. The zero-order valence-corrected chi connectivity index (χ0v) is 12.4. The van der Waals surface area contributed by atoms with Gasteiger partial charge in [0.1, 0.15) is 11.0 Å². The van der Waals surface area contributed by atoms with Gasteiger partial charge in [0.15, 0.2) is 0 Å². The number of aromatic nitrogens is 4. The first kappa shape index (κ1) is 13.7. The minimum Gasteiger partial charge on any atom is -0.308 e. The van der Waals surface area contributed by atoms with Crippen molar-refractivity contribution in [1.29, 1.82) is 0 Å². The van der Waals surface area contributed by atoms with E-state index in [0.29, 0.717) is 6.54 Å². The van der Waals surface area contributed by atoms with Crippen LogP contribution in [0.2, 0.25) is 0 Å². The summed E-state index contributed by atoms with van der Waals surface area (Å²) < 4.78 is 6.81. The van der Waals surface area contributed by atoms with E-state index in [1.165, 1.54) is 5.56 Å². The lowest BCUT2D eigenvalue weighted by Gasteiger charge is -2.11. The molecule has 1 N–H and O–H groups in total. The molecule has 0 saturated carbocycles. The monoisotopic (exact) mass is 305 g/mol. The number of benzene rings is 2. The number of fused-ring (bicyclic) bond motifs is 1. The topological polar surface area (TPSA) is 68.8 Å². The van der Waals surface area contributed by atoms with E-state index in [0.717, 1.165) is 28.8 Å². The molecule has 6 heteroatoms. The van der Waals surface area contributed by atoms with Gasteiger partial charge >= 0.3 is 0 Å². The van der Waals surface area contributed by atoms with E-state index >= 15 is 0 Å². The van der Waals surface area contributed by atoms with Crippen molar-refractivity contribution >= 4 is 11.0 Å². The third kappa shape index (κ3) is 2.72. The van der Waals surface area contributed by atoms with Gasteiger partial charge in [0, 0.05) is 25.5 Å². The highest BCUT2D eigenvalue weighted by molar-refractivity contribution is 5.76. The molecule has 4 rings (SSSR count). The summed E-state index contributed by atoms with van der Waals surface area (Å²) in [5.74, 6) is 0. The van der Waals surface area contributed by atoms with E-state index < -0.39 is 0 Å². The Labute approximate surface area is 132 Å². The van der Waals surface area contributed by atoms with Crippen LogP contribution in [0.3, 0.4) is 0 Å². The fourth-order valence-electron chi connectivity index (χ4n) is 2.65. The lowest BCUT2D eigenvalue weighted by atomic mass is 10.1. The van der Waals surface area contributed by atoms with Crippen LogP contribution in [0.1, 0.15) is 11.1 Å². The molecular weight excluding hydrogens is 290 g/mol. The largest absolute Gasteiger partial charge is 0.308 e. The van der Waals surface area contributed by atoms with Crippen molar-refractivity contribution in [2.24, 2.45) is 0 Å². The molecule has 0 unspecified atom stereocenters. The Morgan fingerprint density at radius 2 is 1.83 bits per heavy atom. The van der Waals surface area contributed by atoms with E-state index in [1.807, 2.05) is 41.1 Å². The smallest absolute Gasteiger partial charge is 0.139 e. The van der Waals surface area contributed by atoms with Crippen molar-refractivity contribution in [2.45, 2.75) is 13.1 Å². The first-order valence-corrected chi connectivity index (χ1v) is 7.39. The van der Waals surface area contributed by atoms with Crippen LogP contribution in [0.15, 0.2) is 65.8 Å². The van der Waals surface area contributed by atoms with E-state index in [2.05, 4.69) is 32.7 Å². The van der Waals surface area contributed by atoms with E-state index in [1.54, 1.807) is 12.5 Å². The maximum Gasteiger partial charge on any atom is 0.139 e. The number of rotatable bonds is 5. The SMILES string of the molecule is c1ccc(-n2ccnc2)c(CNCc2cccc3nonc23)c1. The van der Waals surface area contributed by atoms with Crippen molar-refractivity contribution in [3.63, 3.8) is 0 Å². The maximum atomic E-state index is 4.80. The molecule has 23 heavy (non-hydrogen) atoms. The highest BCUT2D eigenvalue weighted by Crippen LogP contribution is 2.16. The molecular formula is C17H15N5O. The number of nitrogens with one attached hydrogen (secondary N) is 1. The van der Waals surface area contributed by atoms with Gasteiger partial charge in [-0.05, 0) is 33.6 Å². The van der Waals surface area contributed by atoms with Gasteiger partial charge in [0.2, 0.25) is 0 Å². The average molecular weight is 305 g/mol. The summed E-state index contributed by atoms with van der Waals surface area (Å²) in [5.41, 5.74) is 4.99. The molecule has 0 saturated heterocycles. The lowest BCUT2D eigenvalue weighted by molar-refractivity contribution is 0.315. The molecule has 114 valence electrons. The summed E-state index contributed by atoms with van der Waals surface area (Å²) >= 11 is 0. The highest BCUT2D eigenvalue weighted by Gasteiger charge is 2.07. The molecule has 0 atom stereocenters. The second-order valence-electron chi connectivity index (χ2n) is 5.25. The van der Waals surface area contributed by atoms with Crippen LogP contribution in [0.4, 0.5) is 0 Å². The Hall–Kier alpha value is -2.99. The summed E-state index contributed by atoms with van der Waals surface area (Å²) in [6.07, 6.45) is 5.53. The van der Waals surface area contributed by atoms with Crippen LogP contribution in [0.25, 0.3) is 16.7 Å². The second-order valence-corrected chi connectivity index (χ2v) is 5.25. The van der Waals surface area contributed by atoms with Crippen LogP contribution < -0.4 is 5.32 Å². The Morgan fingerprint density at radius 3 is 2.74 bits per heavy atom. The summed E-state index contributed by atoms with van der Waals surface area (Å²) in [4.78, 5) is 4.11.